The molecule has 0 aliphatic carbocycles. The second kappa shape index (κ2) is 6.48. The average Bonchev–Trinajstić information content (AvgIpc) is 3.11. The van der Waals surface area contributed by atoms with Crippen molar-refractivity contribution in [1.82, 2.24) is 9.21 Å². The van der Waals surface area contributed by atoms with Gasteiger partial charge < -0.3 is 5.11 Å². The molecule has 0 bridgehead atoms. The van der Waals surface area contributed by atoms with E-state index >= 15 is 0 Å². The molecule has 0 spiro atoms. The summed E-state index contributed by atoms with van der Waals surface area (Å²) in [7, 11) is -3.64. The van der Waals surface area contributed by atoms with E-state index in [1.54, 1.807) is 24.3 Å². The van der Waals surface area contributed by atoms with Gasteiger partial charge in [-0.2, -0.15) is 0 Å². The molecule has 2 amide bonds. The Morgan fingerprint density at radius 1 is 1.19 bits per heavy atom. The van der Waals surface area contributed by atoms with Gasteiger partial charge in [0.1, 0.15) is 0 Å². The summed E-state index contributed by atoms with van der Waals surface area (Å²) in [5.41, 5.74) is -0.412. The molecular weight excluding hydrogens is 360 g/mol. The molecule has 140 valence electrons. The third kappa shape index (κ3) is 3.12. The summed E-state index contributed by atoms with van der Waals surface area (Å²) in [4.78, 5) is 36.8. The zero-order chi connectivity index (χ0) is 19.1. The Hall–Kier alpha value is -2.26. The smallest absolute Gasteiger partial charge is 0.310 e. The van der Waals surface area contributed by atoms with E-state index in [9.17, 15) is 27.9 Å². The van der Waals surface area contributed by atoms with E-state index in [0.717, 1.165) is 4.90 Å². The van der Waals surface area contributed by atoms with E-state index in [1.165, 1.54) is 11.2 Å². The topological polar surface area (TPSA) is 112 Å². The van der Waals surface area contributed by atoms with E-state index < -0.39 is 33.2 Å². The molecule has 1 aromatic carbocycles. The average molecular weight is 380 g/mol. The SMILES string of the molecule is CC1(C(=O)O)CCN(S(=O)(=O)CCCN2C(=O)c3ccccc3C2=O)C1. The molecular formula is C17H20N2O6S. The van der Waals surface area contributed by atoms with E-state index in [4.69, 9.17) is 0 Å². The fourth-order valence-corrected chi connectivity index (χ4v) is 4.91. The molecule has 1 unspecified atom stereocenters. The van der Waals surface area contributed by atoms with Gasteiger partial charge in [0.2, 0.25) is 10.0 Å². The summed E-state index contributed by atoms with van der Waals surface area (Å²) in [6.45, 7) is 1.65. The number of carboxylic acid groups (broad SMARTS) is 1. The second-order valence-electron chi connectivity index (χ2n) is 6.93. The number of amides is 2. The fourth-order valence-electron chi connectivity index (χ4n) is 3.31. The molecule has 3 rings (SSSR count). The maximum absolute atomic E-state index is 12.4. The van der Waals surface area contributed by atoms with Crippen molar-refractivity contribution in [3.05, 3.63) is 35.4 Å². The highest BCUT2D eigenvalue weighted by atomic mass is 32.2. The third-order valence-corrected chi connectivity index (χ3v) is 6.91. The van der Waals surface area contributed by atoms with Crippen LogP contribution in [-0.2, 0) is 14.8 Å². The Labute approximate surface area is 151 Å². The largest absolute Gasteiger partial charge is 0.481 e. The Morgan fingerprint density at radius 3 is 2.27 bits per heavy atom. The summed E-state index contributed by atoms with van der Waals surface area (Å²) in [6, 6.07) is 6.49. The van der Waals surface area contributed by atoms with Gasteiger partial charge in [-0.3, -0.25) is 19.3 Å². The summed E-state index contributed by atoms with van der Waals surface area (Å²) in [5, 5.41) is 9.22. The Bertz CT molecular complexity index is 846. The highest BCUT2D eigenvalue weighted by Gasteiger charge is 2.44. The third-order valence-electron chi connectivity index (χ3n) is 5.01. The molecule has 26 heavy (non-hydrogen) atoms. The molecule has 1 fully saturated rings. The maximum atomic E-state index is 12.4. The molecule has 2 heterocycles. The molecule has 8 nitrogen and oxygen atoms in total. The van der Waals surface area contributed by atoms with Crippen LogP contribution >= 0.6 is 0 Å². The predicted molar refractivity (Wildman–Crippen MR) is 92.1 cm³/mol. The number of rotatable bonds is 6. The maximum Gasteiger partial charge on any atom is 0.310 e. The minimum atomic E-state index is -3.64. The van der Waals surface area contributed by atoms with E-state index in [2.05, 4.69) is 0 Å². The zero-order valence-corrected chi connectivity index (χ0v) is 15.2. The van der Waals surface area contributed by atoms with Gasteiger partial charge in [-0.05, 0) is 31.9 Å². The van der Waals surface area contributed by atoms with Crippen LogP contribution in [0.4, 0.5) is 0 Å². The van der Waals surface area contributed by atoms with Gasteiger partial charge in [0.25, 0.3) is 11.8 Å². The van der Waals surface area contributed by atoms with Crippen LogP contribution in [0, 0.1) is 5.41 Å². The first-order chi connectivity index (χ1) is 12.2. The van der Waals surface area contributed by atoms with Crippen LogP contribution in [0.25, 0.3) is 0 Å². The highest BCUT2D eigenvalue weighted by molar-refractivity contribution is 7.89. The zero-order valence-electron chi connectivity index (χ0n) is 14.3. The van der Waals surface area contributed by atoms with Crippen molar-refractivity contribution in [2.75, 3.05) is 25.4 Å². The molecule has 2 aliphatic rings. The molecule has 1 N–H and O–H groups in total. The van der Waals surface area contributed by atoms with Gasteiger partial charge in [-0.15, -0.1) is 0 Å². The lowest BCUT2D eigenvalue weighted by atomic mass is 9.90. The van der Waals surface area contributed by atoms with Gasteiger partial charge in [-0.25, -0.2) is 12.7 Å². The number of nitrogens with zero attached hydrogens (tertiary/aromatic N) is 2. The number of carbonyl (C=O) groups excluding carboxylic acids is 2. The number of hydrogen-bond donors (Lipinski definition) is 1. The van der Waals surface area contributed by atoms with Crippen molar-refractivity contribution >= 4 is 27.8 Å². The highest BCUT2D eigenvalue weighted by Crippen LogP contribution is 2.32. The first-order valence-electron chi connectivity index (χ1n) is 8.32. The summed E-state index contributed by atoms with van der Waals surface area (Å²) < 4.78 is 26.1. The lowest BCUT2D eigenvalue weighted by molar-refractivity contribution is -0.146. The number of aliphatic carboxylic acids is 1. The summed E-state index contributed by atoms with van der Waals surface area (Å²) in [6.07, 6.45) is 0.369. The van der Waals surface area contributed by atoms with Crippen LogP contribution in [0.2, 0.25) is 0 Å². The summed E-state index contributed by atoms with van der Waals surface area (Å²) in [5.74, 6) is -2.08. The van der Waals surface area contributed by atoms with Gasteiger partial charge >= 0.3 is 5.97 Å². The van der Waals surface area contributed by atoms with E-state index in [-0.39, 0.29) is 38.2 Å². The van der Waals surface area contributed by atoms with Gasteiger partial charge in [-0.1, -0.05) is 12.1 Å². The van der Waals surface area contributed by atoms with Crippen LogP contribution in [0.15, 0.2) is 24.3 Å². The van der Waals surface area contributed by atoms with Crippen LogP contribution in [0.5, 0.6) is 0 Å². The van der Waals surface area contributed by atoms with Crippen LogP contribution < -0.4 is 0 Å². The number of carbonyl (C=O) groups is 3. The molecule has 1 aromatic rings. The fraction of sp³-hybridized carbons (Fsp3) is 0.471. The monoisotopic (exact) mass is 380 g/mol. The molecule has 0 aromatic heterocycles. The Kier molecular flexibility index (Phi) is 4.61. The first-order valence-corrected chi connectivity index (χ1v) is 9.93. The first kappa shape index (κ1) is 18.5. The van der Waals surface area contributed by atoms with Gasteiger partial charge in [0, 0.05) is 19.6 Å². The molecule has 1 saturated heterocycles. The van der Waals surface area contributed by atoms with Crippen molar-refractivity contribution in [2.24, 2.45) is 5.41 Å². The molecule has 0 saturated carbocycles. The van der Waals surface area contributed by atoms with Crippen molar-refractivity contribution in [1.29, 1.82) is 0 Å². The molecule has 9 heteroatoms. The number of carboxylic acids is 1. The lowest BCUT2D eigenvalue weighted by Gasteiger charge is -2.20. The van der Waals surface area contributed by atoms with Crippen LogP contribution in [0.3, 0.4) is 0 Å². The Balaban J connectivity index is 1.60. The number of sulfonamides is 1. The van der Waals surface area contributed by atoms with E-state index in [1.807, 2.05) is 0 Å². The lowest BCUT2D eigenvalue weighted by Crippen LogP contribution is -2.37. The molecule has 1 atom stereocenters. The van der Waals surface area contributed by atoms with Crippen molar-refractivity contribution in [2.45, 2.75) is 19.8 Å². The Morgan fingerprint density at radius 2 is 1.77 bits per heavy atom. The summed E-state index contributed by atoms with van der Waals surface area (Å²) >= 11 is 0. The van der Waals surface area contributed by atoms with E-state index in [0.29, 0.717) is 11.1 Å². The number of hydrogen-bond acceptors (Lipinski definition) is 5. The normalized spacial score (nSPS) is 23.5. The van der Waals surface area contributed by atoms with Crippen LogP contribution in [0.1, 0.15) is 40.5 Å². The van der Waals surface area contributed by atoms with Crippen LogP contribution in [-0.4, -0.2) is 65.9 Å². The standard InChI is InChI=1S/C17H20N2O6S/c1-17(16(22)23)7-9-18(11-17)26(24,25)10-4-8-19-14(20)12-5-2-3-6-13(12)15(19)21/h2-3,5-6H,4,7-11H2,1H3,(H,22,23). The van der Waals surface area contributed by atoms with Crippen molar-refractivity contribution < 1.29 is 27.9 Å². The van der Waals surface area contributed by atoms with Crippen molar-refractivity contribution in [3.8, 4) is 0 Å². The minimum Gasteiger partial charge on any atom is -0.481 e. The number of fused-ring (bicyclic) bond motifs is 1. The number of benzene rings is 1. The minimum absolute atomic E-state index is 0.00954. The van der Waals surface area contributed by atoms with Gasteiger partial charge in [0.15, 0.2) is 0 Å². The predicted octanol–water partition coefficient (Wildman–Crippen LogP) is 0.799. The second-order valence-corrected chi connectivity index (χ2v) is 9.01. The quantitative estimate of drug-likeness (QED) is 0.731. The van der Waals surface area contributed by atoms with Gasteiger partial charge in [0.05, 0.1) is 22.3 Å². The molecule has 0 radical (unpaired) electrons. The van der Waals surface area contributed by atoms with Crippen molar-refractivity contribution in [3.63, 3.8) is 0 Å². The number of imide groups is 1. The molecule has 2 aliphatic heterocycles.